The van der Waals surface area contributed by atoms with Crippen LogP contribution in [-0.2, 0) is 33.5 Å². The van der Waals surface area contributed by atoms with Gasteiger partial charge in [-0.1, -0.05) is 27.7 Å². The first-order valence-corrected chi connectivity index (χ1v) is 13.5. The van der Waals surface area contributed by atoms with Gasteiger partial charge in [0.1, 0.15) is 30.3 Å². The van der Waals surface area contributed by atoms with Gasteiger partial charge in [-0.3, -0.25) is 28.8 Å². The summed E-state index contributed by atoms with van der Waals surface area (Å²) in [6, 6.07) is -2.30. The molecule has 4 amide bonds. The van der Waals surface area contributed by atoms with Gasteiger partial charge >= 0.3 is 11.9 Å². The van der Waals surface area contributed by atoms with Gasteiger partial charge in [0.25, 0.3) is 0 Å². The lowest BCUT2D eigenvalue weighted by Gasteiger charge is -2.29. The first-order chi connectivity index (χ1) is 16.5. The molecule has 35 heavy (non-hydrogen) atoms. The third kappa shape index (κ3) is 9.80. The number of esters is 1. The molecule has 2 bridgehead atoms. The molecule has 0 aromatic heterocycles. The van der Waals surface area contributed by atoms with E-state index in [1.807, 2.05) is 0 Å². The number of amides is 4. The molecule has 0 spiro atoms. The van der Waals surface area contributed by atoms with Crippen molar-refractivity contribution in [2.45, 2.75) is 63.3 Å². The predicted molar refractivity (Wildman–Crippen MR) is 129 cm³/mol. The Balaban J connectivity index is 2.44. The van der Waals surface area contributed by atoms with E-state index in [1.165, 1.54) is 35.4 Å². The molecule has 0 aromatic carbocycles. The monoisotopic (exact) mass is 530 g/mol. The van der Waals surface area contributed by atoms with E-state index in [9.17, 15) is 28.8 Å². The highest BCUT2D eigenvalue weighted by Crippen LogP contribution is 2.24. The molecule has 2 rings (SSSR count). The number of carbonyl (C=O) groups is 6. The zero-order valence-corrected chi connectivity index (χ0v) is 21.1. The highest BCUT2D eigenvalue weighted by Gasteiger charge is 2.35. The molecule has 2 aliphatic heterocycles. The SMILES string of the molecule is CC1(C)NC(=O)[C@H]2CSSCCC=C[C@H](CC(=O)N[C@H](CCC(=O)O)C(=O)N2)OC(=O)CNC1=O. The number of aliphatic carboxylic acids is 1. The van der Waals surface area contributed by atoms with Crippen LogP contribution in [0.2, 0.25) is 0 Å². The molecular formula is C21H30N4O8S2. The summed E-state index contributed by atoms with van der Waals surface area (Å²) in [5, 5.41) is 19.1. The Morgan fingerprint density at radius 2 is 1.89 bits per heavy atom. The van der Waals surface area contributed by atoms with Gasteiger partial charge in [0, 0.05) is 17.9 Å². The van der Waals surface area contributed by atoms with Crippen LogP contribution in [-0.4, -0.2) is 82.5 Å². The van der Waals surface area contributed by atoms with Crippen LogP contribution in [0.1, 0.15) is 39.5 Å². The maximum Gasteiger partial charge on any atom is 0.326 e. The number of nitrogens with one attached hydrogen (secondary N) is 4. The van der Waals surface area contributed by atoms with E-state index in [0.717, 1.165) is 0 Å². The highest BCUT2D eigenvalue weighted by molar-refractivity contribution is 8.76. The van der Waals surface area contributed by atoms with E-state index in [-0.39, 0.29) is 18.6 Å². The van der Waals surface area contributed by atoms with Crippen LogP contribution in [0, 0.1) is 0 Å². The third-order valence-corrected chi connectivity index (χ3v) is 7.48. The molecule has 0 aliphatic carbocycles. The zero-order valence-electron chi connectivity index (χ0n) is 19.5. The van der Waals surface area contributed by atoms with E-state index in [4.69, 9.17) is 9.84 Å². The van der Waals surface area contributed by atoms with E-state index in [1.54, 1.807) is 12.2 Å². The number of allylic oxidation sites excluding steroid dienone is 1. The van der Waals surface area contributed by atoms with Crippen molar-refractivity contribution in [1.82, 2.24) is 21.3 Å². The quantitative estimate of drug-likeness (QED) is 0.181. The van der Waals surface area contributed by atoms with Crippen molar-refractivity contribution >= 4 is 57.2 Å². The molecule has 0 saturated carbocycles. The summed E-state index contributed by atoms with van der Waals surface area (Å²) >= 11 is 0. The molecular weight excluding hydrogens is 500 g/mol. The van der Waals surface area contributed by atoms with E-state index >= 15 is 0 Å². The van der Waals surface area contributed by atoms with Crippen molar-refractivity contribution < 1.29 is 38.6 Å². The van der Waals surface area contributed by atoms with Crippen molar-refractivity contribution in [3.05, 3.63) is 12.2 Å². The number of fused-ring (bicyclic) bond motifs is 7. The minimum Gasteiger partial charge on any atom is -0.481 e. The number of carboxylic acid groups (broad SMARTS) is 1. The van der Waals surface area contributed by atoms with Crippen molar-refractivity contribution in [2.24, 2.45) is 0 Å². The molecule has 2 heterocycles. The zero-order chi connectivity index (χ0) is 26.0. The van der Waals surface area contributed by atoms with Gasteiger partial charge in [0.15, 0.2) is 0 Å². The number of carbonyl (C=O) groups excluding carboxylic acids is 5. The van der Waals surface area contributed by atoms with Gasteiger partial charge in [0.05, 0.1) is 6.42 Å². The first-order valence-electron chi connectivity index (χ1n) is 11.0. The molecule has 2 aliphatic rings. The minimum absolute atomic E-state index is 0.160. The highest BCUT2D eigenvalue weighted by atomic mass is 33.1. The summed E-state index contributed by atoms with van der Waals surface area (Å²) in [4.78, 5) is 74.7. The third-order valence-electron chi connectivity index (χ3n) is 5.03. The summed E-state index contributed by atoms with van der Waals surface area (Å²) in [5.41, 5.74) is -1.42. The second kappa shape index (κ2) is 13.4. The Bertz CT molecular complexity index is 879. The number of carboxylic acids is 1. The van der Waals surface area contributed by atoms with Crippen LogP contribution >= 0.6 is 21.6 Å². The average Bonchev–Trinajstić information content (AvgIpc) is 2.77. The van der Waals surface area contributed by atoms with Crippen molar-refractivity contribution in [2.75, 3.05) is 18.1 Å². The Morgan fingerprint density at radius 1 is 1.14 bits per heavy atom. The maximum absolute atomic E-state index is 13.0. The van der Waals surface area contributed by atoms with Gasteiger partial charge in [-0.2, -0.15) is 0 Å². The molecule has 0 radical (unpaired) electrons. The molecule has 194 valence electrons. The fraction of sp³-hybridized carbons (Fsp3) is 0.619. The lowest BCUT2D eigenvalue weighted by molar-refractivity contribution is -0.149. The topological polar surface area (TPSA) is 180 Å². The lowest BCUT2D eigenvalue weighted by Crippen LogP contribution is -2.61. The number of hydrogen-bond acceptors (Lipinski definition) is 9. The van der Waals surface area contributed by atoms with E-state index in [2.05, 4.69) is 21.3 Å². The van der Waals surface area contributed by atoms with Crippen LogP contribution in [0.4, 0.5) is 0 Å². The summed E-state index contributed by atoms with van der Waals surface area (Å²) in [7, 11) is 2.80. The second-order valence-corrected chi connectivity index (χ2v) is 11.1. The smallest absolute Gasteiger partial charge is 0.326 e. The number of rotatable bonds is 3. The molecule has 1 saturated heterocycles. The fourth-order valence-corrected chi connectivity index (χ4v) is 5.31. The van der Waals surface area contributed by atoms with Crippen LogP contribution < -0.4 is 21.3 Å². The maximum atomic E-state index is 13.0. The molecule has 0 unspecified atom stereocenters. The minimum atomic E-state index is -1.42. The van der Waals surface area contributed by atoms with Crippen molar-refractivity contribution in [3.8, 4) is 0 Å². The van der Waals surface area contributed by atoms with Crippen LogP contribution in [0.5, 0.6) is 0 Å². The van der Waals surface area contributed by atoms with Crippen molar-refractivity contribution in [1.29, 1.82) is 0 Å². The molecule has 3 atom stereocenters. The first kappa shape index (κ1) is 28.5. The van der Waals surface area contributed by atoms with Gasteiger partial charge in [0.2, 0.25) is 23.6 Å². The Morgan fingerprint density at radius 3 is 2.60 bits per heavy atom. The predicted octanol–water partition coefficient (Wildman–Crippen LogP) is -0.511. The van der Waals surface area contributed by atoms with E-state index < -0.39 is 72.3 Å². The Labute approximate surface area is 210 Å². The van der Waals surface area contributed by atoms with Gasteiger partial charge in [-0.05, 0) is 32.8 Å². The summed E-state index contributed by atoms with van der Waals surface area (Å²) < 4.78 is 5.34. The molecule has 1 fully saturated rings. The van der Waals surface area contributed by atoms with Gasteiger partial charge in [-0.15, -0.1) is 0 Å². The second-order valence-electron chi connectivity index (χ2n) is 8.47. The number of ether oxygens (including phenoxy) is 1. The lowest BCUT2D eigenvalue weighted by atomic mass is 10.0. The fourth-order valence-electron chi connectivity index (χ4n) is 3.15. The molecule has 14 heteroatoms. The summed E-state index contributed by atoms with van der Waals surface area (Å²) in [6.45, 7) is 2.42. The average molecular weight is 531 g/mol. The molecule has 12 nitrogen and oxygen atoms in total. The Hall–Kier alpha value is -2.74. The van der Waals surface area contributed by atoms with Crippen LogP contribution in [0.3, 0.4) is 0 Å². The van der Waals surface area contributed by atoms with Crippen LogP contribution in [0.25, 0.3) is 0 Å². The van der Waals surface area contributed by atoms with Crippen molar-refractivity contribution in [3.63, 3.8) is 0 Å². The van der Waals surface area contributed by atoms with E-state index in [0.29, 0.717) is 12.2 Å². The standard InChI is InChI=1S/C21H30N4O8S2/c1-21(2)20(32)22-10-17(29)33-12-5-3-4-8-34-35-11-14(19(31)25-21)24-18(30)13(6-7-16(27)28)23-15(26)9-12/h3,5,12-14H,4,6-11H2,1-2H3,(H,22,32)(H,23,26)(H,24,30)(H,25,31)(H,27,28)/t12-,13-,14-/m1/s1. The number of hydrogen-bond donors (Lipinski definition) is 5. The van der Waals surface area contributed by atoms with Gasteiger partial charge < -0.3 is 31.1 Å². The van der Waals surface area contributed by atoms with Gasteiger partial charge in [-0.25, -0.2) is 0 Å². The summed E-state index contributed by atoms with van der Waals surface area (Å²) in [6.07, 6.45) is 2.04. The largest absolute Gasteiger partial charge is 0.481 e. The Kier molecular flexibility index (Phi) is 10.9. The molecule has 5 N–H and O–H groups in total. The molecule has 0 aromatic rings. The normalized spacial score (nSPS) is 26.9. The van der Waals surface area contributed by atoms with Crippen LogP contribution in [0.15, 0.2) is 12.2 Å². The summed E-state index contributed by atoms with van der Waals surface area (Å²) in [5.74, 6) is -3.80.